The molecule has 2 heterocycles. The van der Waals surface area contributed by atoms with E-state index in [4.69, 9.17) is 5.73 Å². The topological polar surface area (TPSA) is 107 Å². The molecule has 1 aromatic carbocycles. The molecule has 0 atom stereocenters. The summed E-state index contributed by atoms with van der Waals surface area (Å²) >= 11 is 0. The smallest absolute Gasteiger partial charge is 0.253 e. The number of nitrogens with zero attached hydrogens (tertiary/aromatic N) is 2. The molecule has 7 nitrogen and oxygen atoms in total. The minimum atomic E-state index is -3.52. The third-order valence-corrected chi connectivity index (χ3v) is 5.31. The van der Waals surface area contributed by atoms with Crippen molar-refractivity contribution >= 4 is 32.7 Å². The molecule has 0 saturated heterocycles. The van der Waals surface area contributed by atoms with Crippen LogP contribution in [0.3, 0.4) is 0 Å². The maximum absolute atomic E-state index is 12.3. The van der Waals surface area contributed by atoms with Crippen molar-refractivity contribution in [3.8, 4) is 11.1 Å². The van der Waals surface area contributed by atoms with Crippen molar-refractivity contribution in [2.24, 2.45) is 5.73 Å². The van der Waals surface area contributed by atoms with Gasteiger partial charge in [-0.2, -0.15) is 5.10 Å². The molecule has 0 radical (unpaired) electrons. The van der Waals surface area contributed by atoms with E-state index in [2.05, 4.69) is 23.7 Å². The van der Waals surface area contributed by atoms with Crippen molar-refractivity contribution < 1.29 is 13.2 Å². The Morgan fingerprint density at radius 3 is 2.47 bits per heavy atom. The van der Waals surface area contributed by atoms with Crippen LogP contribution < -0.4 is 10.5 Å². The zero-order valence-electron chi connectivity index (χ0n) is 18.5. The quantitative estimate of drug-likeness (QED) is 0.589. The van der Waals surface area contributed by atoms with Crippen molar-refractivity contribution in [2.75, 3.05) is 11.0 Å². The Bertz CT molecular complexity index is 1290. The summed E-state index contributed by atoms with van der Waals surface area (Å²) in [5, 5.41) is 4.56. The minimum absolute atomic E-state index is 0.328. The molecule has 3 aromatic rings. The highest BCUT2D eigenvalue weighted by atomic mass is 32.2. The van der Waals surface area contributed by atoms with Crippen LogP contribution in [-0.4, -0.2) is 30.2 Å². The second-order valence-electron chi connectivity index (χ2n) is 7.62. The van der Waals surface area contributed by atoms with Crippen molar-refractivity contribution in [1.29, 1.82) is 0 Å². The number of primary amides is 1. The second-order valence-corrected chi connectivity index (χ2v) is 9.37. The fourth-order valence-corrected chi connectivity index (χ4v) is 4.06. The van der Waals surface area contributed by atoms with Gasteiger partial charge in [0.2, 0.25) is 10.0 Å². The van der Waals surface area contributed by atoms with Gasteiger partial charge in [0.05, 0.1) is 29.2 Å². The van der Waals surface area contributed by atoms with Gasteiger partial charge in [0.15, 0.2) is 0 Å². The van der Waals surface area contributed by atoms with Gasteiger partial charge in [-0.3, -0.25) is 9.52 Å². The summed E-state index contributed by atoms with van der Waals surface area (Å²) in [7, 11) is -3.52. The predicted octanol–water partition coefficient (Wildman–Crippen LogP) is 4.62. The number of hydrogen-bond acceptors (Lipinski definition) is 4. The molecule has 0 fully saturated rings. The molecular weight excluding hydrogens is 424 g/mol. The fraction of sp³-hybridized carbons (Fsp3) is 0.250. The summed E-state index contributed by atoms with van der Waals surface area (Å²) < 4.78 is 27.9. The Morgan fingerprint density at radius 1 is 1.22 bits per heavy atom. The Hall–Kier alpha value is -3.39. The molecule has 0 saturated carbocycles. The van der Waals surface area contributed by atoms with Gasteiger partial charge >= 0.3 is 0 Å². The number of amides is 1. The van der Waals surface area contributed by atoms with E-state index in [0.29, 0.717) is 28.0 Å². The summed E-state index contributed by atoms with van der Waals surface area (Å²) in [5.74, 6) is -0.576. The first-order valence-corrected chi connectivity index (χ1v) is 12.4. The maximum Gasteiger partial charge on any atom is 0.253 e. The summed E-state index contributed by atoms with van der Waals surface area (Å²) in [4.78, 5) is 12.3. The fourth-order valence-electron chi connectivity index (χ4n) is 3.50. The molecule has 1 aliphatic carbocycles. The average molecular weight is 453 g/mol. The number of rotatable bonds is 5. The molecule has 2 aromatic heterocycles. The predicted molar refractivity (Wildman–Crippen MR) is 130 cm³/mol. The number of carbonyl (C=O) groups is 1. The number of aromatic nitrogens is 2. The van der Waals surface area contributed by atoms with E-state index in [-0.39, 0.29) is 0 Å². The molecule has 168 valence electrons. The summed E-state index contributed by atoms with van der Waals surface area (Å²) in [6, 6.07) is 11.1. The van der Waals surface area contributed by atoms with E-state index in [1.165, 1.54) is 10.9 Å². The minimum Gasteiger partial charge on any atom is -0.365 e. The Labute approximate surface area is 188 Å². The van der Waals surface area contributed by atoms with Crippen LogP contribution in [-0.2, 0) is 10.0 Å². The van der Waals surface area contributed by atoms with E-state index in [1.54, 1.807) is 12.3 Å². The lowest BCUT2D eigenvalue weighted by Gasteiger charge is -2.12. The molecule has 32 heavy (non-hydrogen) atoms. The molecule has 3 N–H and O–H groups in total. The first kappa shape index (κ1) is 23.3. The molecule has 8 heteroatoms. The third-order valence-electron chi connectivity index (χ3n) is 4.71. The van der Waals surface area contributed by atoms with Gasteiger partial charge in [0, 0.05) is 5.56 Å². The highest BCUT2D eigenvalue weighted by molar-refractivity contribution is 7.92. The third kappa shape index (κ3) is 5.26. The van der Waals surface area contributed by atoms with Crippen LogP contribution in [0.2, 0.25) is 0 Å². The molecule has 4 rings (SSSR count). The van der Waals surface area contributed by atoms with Crippen LogP contribution in [0, 0.1) is 0 Å². The van der Waals surface area contributed by atoms with Gasteiger partial charge in [-0.05, 0) is 30.0 Å². The van der Waals surface area contributed by atoms with Gasteiger partial charge < -0.3 is 5.73 Å². The van der Waals surface area contributed by atoms with Crippen LogP contribution >= 0.6 is 0 Å². The first-order valence-electron chi connectivity index (χ1n) is 10.5. The zero-order chi connectivity index (χ0) is 23.3. The Morgan fingerprint density at radius 2 is 1.91 bits per heavy atom. The number of anilines is 1. The number of sulfonamides is 1. The van der Waals surface area contributed by atoms with Gasteiger partial charge in [-0.15, -0.1) is 0 Å². The van der Waals surface area contributed by atoms with Gasteiger partial charge in [-0.25, -0.2) is 12.9 Å². The number of hydrogen-bond donors (Lipinski definition) is 2. The molecule has 1 amide bonds. The van der Waals surface area contributed by atoms with Crippen LogP contribution in [0.5, 0.6) is 0 Å². The zero-order valence-corrected chi connectivity index (χ0v) is 19.3. The molecule has 0 unspecified atom stereocenters. The number of fused-ring (bicyclic) bond motifs is 1. The van der Waals surface area contributed by atoms with Crippen LogP contribution in [0.4, 0.5) is 5.69 Å². The molecule has 0 bridgehead atoms. The second kappa shape index (κ2) is 9.82. The monoisotopic (exact) mass is 452 g/mol. The lowest BCUT2D eigenvalue weighted by molar-refractivity contribution is 0.100. The van der Waals surface area contributed by atoms with E-state index < -0.39 is 15.9 Å². The average Bonchev–Trinajstić information content (AvgIpc) is 3.12. The highest BCUT2D eigenvalue weighted by Gasteiger charge is 2.23. The summed E-state index contributed by atoms with van der Waals surface area (Å²) in [6.07, 6.45) is 11.4. The largest absolute Gasteiger partial charge is 0.365 e. The number of benzene rings is 1. The van der Waals surface area contributed by atoms with Crippen LogP contribution in [0.1, 0.15) is 49.2 Å². The SMILES string of the molecule is CCC.CS(=O)(=O)Nc1cn2nc(C3=CC=CCC3)c(C(N)=O)c2cc1-c1ccccc1. The lowest BCUT2D eigenvalue weighted by atomic mass is 9.97. The van der Waals surface area contributed by atoms with Crippen LogP contribution in [0.15, 0.2) is 60.8 Å². The number of nitrogens with two attached hydrogens (primary N) is 1. The van der Waals surface area contributed by atoms with Gasteiger partial charge in [0.1, 0.15) is 5.69 Å². The van der Waals surface area contributed by atoms with Crippen molar-refractivity contribution in [3.05, 3.63) is 72.1 Å². The number of pyridine rings is 1. The standard InChI is InChI=1S/C21H20N4O3S.C3H8/c1-29(27,28)24-17-13-25-18(12-16(17)14-8-4-2-5-9-14)19(21(22)26)20(23-25)15-10-6-3-7-11-15;1-3-2/h2-6,8-10,12-13,24H,7,11H2,1H3,(H2,22,26);3H2,1-2H3. The van der Waals surface area contributed by atoms with E-state index in [1.807, 2.05) is 48.6 Å². The molecule has 0 spiro atoms. The van der Waals surface area contributed by atoms with E-state index in [9.17, 15) is 13.2 Å². The number of allylic oxidation sites excluding steroid dienone is 4. The lowest BCUT2D eigenvalue weighted by Crippen LogP contribution is -2.13. The molecule has 1 aliphatic rings. The highest BCUT2D eigenvalue weighted by Crippen LogP contribution is 2.34. The maximum atomic E-state index is 12.3. The summed E-state index contributed by atoms with van der Waals surface area (Å²) in [6.45, 7) is 4.25. The molecular formula is C24H28N4O3S. The first-order chi connectivity index (χ1) is 15.2. The van der Waals surface area contributed by atoms with E-state index >= 15 is 0 Å². The summed E-state index contributed by atoms with van der Waals surface area (Å²) in [5.41, 5.74) is 9.82. The number of carbonyl (C=O) groups excluding carboxylic acids is 1. The Balaban J connectivity index is 0.000000913. The Kier molecular flexibility index (Phi) is 7.15. The number of nitrogens with one attached hydrogen (secondary N) is 1. The van der Waals surface area contributed by atoms with Gasteiger partial charge in [-0.1, -0.05) is 68.8 Å². The van der Waals surface area contributed by atoms with Crippen LogP contribution in [0.25, 0.3) is 22.2 Å². The van der Waals surface area contributed by atoms with E-state index in [0.717, 1.165) is 30.2 Å². The van der Waals surface area contributed by atoms with Crippen molar-refractivity contribution in [1.82, 2.24) is 9.61 Å². The van der Waals surface area contributed by atoms with Crippen molar-refractivity contribution in [2.45, 2.75) is 33.1 Å². The normalized spacial score (nSPS) is 13.3. The van der Waals surface area contributed by atoms with Crippen molar-refractivity contribution in [3.63, 3.8) is 0 Å². The van der Waals surface area contributed by atoms with Gasteiger partial charge in [0.25, 0.3) is 5.91 Å². The molecule has 0 aliphatic heterocycles.